The Labute approximate surface area is 462 Å². The molecule has 0 saturated carbocycles. The Kier molecular flexibility index (Phi) is 62.4. The van der Waals surface area contributed by atoms with Gasteiger partial charge in [0.05, 0.1) is 25.4 Å². The van der Waals surface area contributed by atoms with E-state index in [1.54, 1.807) is 0 Å². The number of ether oxygens (including phenoxy) is 1. The predicted octanol–water partition coefficient (Wildman–Crippen LogP) is 21.4. The van der Waals surface area contributed by atoms with Crippen molar-refractivity contribution in [2.45, 2.75) is 386 Å². The van der Waals surface area contributed by atoms with Crippen molar-refractivity contribution < 1.29 is 24.5 Å². The maximum Gasteiger partial charge on any atom is 0.305 e. The molecule has 0 radical (unpaired) electrons. The molecule has 2 atom stereocenters. The van der Waals surface area contributed by atoms with E-state index in [1.807, 2.05) is 0 Å². The summed E-state index contributed by atoms with van der Waals surface area (Å²) in [5.74, 6) is -0.0361. The van der Waals surface area contributed by atoms with Crippen molar-refractivity contribution in [3.63, 3.8) is 0 Å². The van der Waals surface area contributed by atoms with Gasteiger partial charge in [0.1, 0.15) is 0 Å². The van der Waals surface area contributed by atoms with E-state index in [0.29, 0.717) is 25.9 Å². The van der Waals surface area contributed by atoms with Gasteiger partial charge in [0, 0.05) is 12.8 Å². The lowest BCUT2D eigenvalue weighted by Gasteiger charge is -2.22. The molecule has 0 aliphatic rings. The van der Waals surface area contributed by atoms with Crippen LogP contribution in [0, 0.1) is 0 Å². The van der Waals surface area contributed by atoms with Gasteiger partial charge < -0.3 is 20.3 Å². The average Bonchev–Trinajstić information content (AvgIpc) is 3.40. The summed E-state index contributed by atoms with van der Waals surface area (Å²) in [6.45, 7) is 4.97. The number of hydrogen-bond donors (Lipinski definition) is 3. The van der Waals surface area contributed by atoms with Gasteiger partial charge in [0.2, 0.25) is 5.91 Å². The fraction of sp³-hybridized carbons (Fsp3) is 0.912. The van der Waals surface area contributed by atoms with E-state index in [2.05, 4.69) is 43.5 Å². The van der Waals surface area contributed by atoms with Gasteiger partial charge in [-0.25, -0.2) is 0 Å². The lowest BCUT2D eigenvalue weighted by molar-refractivity contribution is -0.143. The zero-order valence-electron chi connectivity index (χ0n) is 50.1. The molecule has 0 aliphatic heterocycles. The van der Waals surface area contributed by atoms with Crippen molar-refractivity contribution in [3.05, 3.63) is 24.3 Å². The van der Waals surface area contributed by atoms with E-state index >= 15 is 0 Å². The van der Waals surface area contributed by atoms with Crippen LogP contribution in [0.4, 0.5) is 0 Å². The van der Waals surface area contributed by atoms with Gasteiger partial charge in [-0.05, 0) is 77.0 Å². The first-order valence-electron chi connectivity index (χ1n) is 33.6. The van der Waals surface area contributed by atoms with Crippen LogP contribution in [0.15, 0.2) is 24.3 Å². The molecule has 0 aromatic heterocycles. The molecule has 1 amide bonds. The first-order valence-corrected chi connectivity index (χ1v) is 33.6. The number of allylic oxidation sites excluding steroid dienone is 4. The van der Waals surface area contributed by atoms with Gasteiger partial charge >= 0.3 is 5.97 Å². The molecule has 0 aromatic rings. The summed E-state index contributed by atoms with van der Waals surface area (Å²) < 4.78 is 5.48. The molecule has 0 aliphatic carbocycles. The maximum atomic E-state index is 12.5. The topological polar surface area (TPSA) is 95.9 Å². The van der Waals surface area contributed by atoms with Gasteiger partial charge in [-0.1, -0.05) is 308 Å². The Bertz CT molecular complexity index is 1150. The minimum atomic E-state index is -0.670. The highest BCUT2D eigenvalue weighted by Gasteiger charge is 2.20. The highest BCUT2D eigenvalue weighted by Crippen LogP contribution is 2.18. The smallest absolute Gasteiger partial charge is 0.305 e. The van der Waals surface area contributed by atoms with Crippen LogP contribution in [-0.4, -0.2) is 47.4 Å². The van der Waals surface area contributed by atoms with E-state index in [4.69, 9.17) is 4.74 Å². The van der Waals surface area contributed by atoms with Crippen LogP contribution in [0.2, 0.25) is 0 Å². The lowest BCUT2D eigenvalue weighted by atomic mass is 10.0. The summed E-state index contributed by atoms with van der Waals surface area (Å²) in [7, 11) is 0. The quantitative estimate of drug-likeness (QED) is 0.0320. The molecule has 0 spiro atoms. The van der Waals surface area contributed by atoms with Crippen molar-refractivity contribution in [1.29, 1.82) is 0 Å². The summed E-state index contributed by atoms with van der Waals surface area (Å²) >= 11 is 0. The monoisotopic (exact) mass is 1040 g/mol. The Morgan fingerprint density at radius 3 is 0.959 bits per heavy atom. The number of carbonyl (C=O) groups is 2. The fourth-order valence-corrected chi connectivity index (χ4v) is 10.6. The molecular formula is C68H131NO5. The third-order valence-corrected chi connectivity index (χ3v) is 15.7. The van der Waals surface area contributed by atoms with Crippen LogP contribution in [0.5, 0.6) is 0 Å². The van der Waals surface area contributed by atoms with E-state index in [9.17, 15) is 19.8 Å². The van der Waals surface area contributed by atoms with Crippen LogP contribution < -0.4 is 5.32 Å². The number of esters is 1. The molecule has 0 rings (SSSR count). The molecule has 0 fully saturated rings. The molecule has 0 bridgehead atoms. The Morgan fingerprint density at radius 1 is 0.365 bits per heavy atom. The summed E-state index contributed by atoms with van der Waals surface area (Å²) in [5, 5.41) is 23.4. The van der Waals surface area contributed by atoms with Crippen LogP contribution in [0.25, 0.3) is 0 Å². The molecule has 3 N–H and O–H groups in total. The number of hydrogen-bond acceptors (Lipinski definition) is 5. The summed E-state index contributed by atoms with van der Waals surface area (Å²) in [4.78, 5) is 24.6. The normalized spacial score (nSPS) is 12.6. The van der Waals surface area contributed by atoms with Crippen LogP contribution in [0.3, 0.4) is 0 Å². The number of rotatable bonds is 63. The van der Waals surface area contributed by atoms with Gasteiger partial charge in [-0.15, -0.1) is 0 Å². The SMILES string of the molecule is CCCCCCC/C=C\CCCCCCCC(=O)OCCCCCCCCCCCCC/C=C\CCCCCCCCCC(=O)NC(CO)C(O)CCCCCCCCCCCCCCCCCCCCCCC. The second-order valence-corrected chi connectivity index (χ2v) is 23.1. The largest absolute Gasteiger partial charge is 0.466 e. The summed E-state index contributed by atoms with van der Waals surface area (Å²) in [6.07, 6.45) is 79.2. The van der Waals surface area contributed by atoms with Gasteiger partial charge in [-0.3, -0.25) is 9.59 Å². The molecule has 0 saturated heterocycles. The molecule has 0 heterocycles. The zero-order chi connectivity index (χ0) is 53.6. The molecule has 2 unspecified atom stereocenters. The number of aliphatic hydroxyl groups is 2. The van der Waals surface area contributed by atoms with E-state index in [0.717, 1.165) is 44.9 Å². The van der Waals surface area contributed by atoms with Crippen LogP contribution in [-0.2, 0) is 14.3 Å². The lowest BCUT2D eigenvalue weighted by Crippen LogP contribution is -2.45. The van der Waals surface area contributed by atoms with E-state index < -0.39 is 12.1 Å². The van der Waals surface area contributed by atoms with Crippen molar-refractivity contribution >= 4 is 11.9 Å². The van der Waals surface area contributed by atoms with Crippen LogP contribution >= 0.6 is 0 Å². The number of aliphatic hydroxyl groups excluding tert-OH is 2. The van der Waals surface area contributed by atoms with Crippen molar-refractivity contribution in [2.75, 3.05) is 13.2 Å². The third-order valence-electron chi connectivity index (χ3n) is 15.7. The second-order valence-electron chi connectivity index (χ2n) is 23.1. The number of nitrogens with one attached hydrogen (secondary N) is 1. The highest BCUT2D eigenvalue weighted by molar-refractivity contribution is 5.76. The average molecular weight is 1040 g/mol. The second kappa shape index (κ2) is 63.9. The zero-order valence-corrected chi connectivity index (χ0v) is 50.1. The standard InChI is InChI=1S/C68H131NO5/c1-3-5-7-9-11-13-15-17-19-20-21-24-27-30-33-36-40-44-48-52-56-60-66(71)65(64-70)69-67(72)61-57-53-49-45-41-37-34-31-28-25-22-23-26-29-32-35-39-43-47-51-55-59-63-74-68(73)62-58-54-50-46-42-38-18-16-14-12-10-8-6-4-2/h16,18,25,28,65-66,70-71H,3-15,17,19-24,26-27,29-64H2,1-2H3,(H,69,72)/b18-16-,28-25-. The molecule has 438 valence electrons. The van der Waals surface area contributed by atoms with Gasteiger partial charge in [-0.2, -0.15) is 0 Å². The Balaban J connectivity index is 3.42. The van der Waals surface area contributed by atoms with Gasteiger partial charge in [0.15, 0.2) is 0 Å². The third kappa shape index (κ3) is 59.6. The summed E-state index contributed by atoms with van der Waals surface area (Å²) in [6, 6.07) is -0.547. The maximum absolute atomic E-state index is 12.5. The number of unbranched alkanes of at least 4 members (excludes halogenated alkanes) is 48. The minimum Gasteiger partial charge on any atom is -0.466 e. The van der Waals surface area contributed by atoms with E-state index in [1.165, 1.54) is 295 Å². The fourth-order valence-electron chi connectivity index (χ4n) is 10.6. The van der Waals surface area contributed by atoms with Crippen LogP contribution in [0.1, 0.15) is 373 Å². The molecule has 6 heteroatoms. The first kappa shape index (κ1) is 72.3. The number of carbonyl (C=O) groups excluding carboxylic acids is 2. The van der Waals surface area contributed by atoms with Crippen molar-refractivity contribution in [1.82, 2.24) is 5.32 Å². The first-order chi connectivity index (χ1) is 36.5. The molecule has 0 aromatic carbocycles. The molecule has 74 heavy (non-hydrogen) atoms. The van der Waals surface area contributed by atoms with Crippen molar-refractivity contribution in [2.24, 2.45) is 0 Å². The summed E-state index contributed by atoms with van der Waals surface area (Å²) in [5.41, 5.74) is 0. The Morgan fingerprint density at radius 2 is 0.635 bits per heavy atom. The van der Waals surface area contributed by atoms with Gasteiger partial charge in [0.25, 0.3) is 0 Å². The predicted molar refractivity (Wildman–Crippen MR) is 324 cm³/mol. The molecule has 6 nitrogen and oxygen atoms in total. The molecular weight excluding hydrogens is 911 g/mol. The van der Waals surface area contributed by atoms with Crippen molar-refractivity contribution in [3.8, 4) is 0 Å². The highest BCUT2D eigenvalue weighted by atomic mass is 16.5. The van der Waals surface area contributed by atoms with E-state index in [-0.39, 0.29) is 18.5 Å². The minimum absolute atomic E-state index is 0.00215. The Hall–Kier alpha value is -1.66. The number of amides is 1.